The number of methoxy groups -OCH3 is 1. The van der Waals surface area contributed by atoms with Crippen LogP contribution in [-0.2, 0) is 9.53 Å². The summed E-state index contributed by atoms with van der Waals surface area (Å²) in [4.78, 5) is 16.0. The van der Waals surface area contributed by atoms with E-state index >= 15 is 0 Å². The molecule has 0 saturated carbocycles. The third-order valence-corrected chi connectivity index (χ3v) is 2.29. The van der Waals surface area contributed by atoms with Gasteiger partial charge in [-0.15, -0.1) is 24.0 Å². The first-order valence-electron chi connectivity index (χ1n) is 6.71. The Kier molecular flexibility index (Phi) is 13.2. The zero-order chi connectivity index (χ0) is 14.7. The van der Waals surface area contributed by atoms with Crippen LogP contribution in [0, 0.1) is 5.41 Å². The topological polar surface area (TPSA) is 74.8 Å². The summed E-state index contributed by atoms with van der Waals surface area (Å²) in [5.74, 6) is 0.792. The number of guanidine groups is 1. The van der Waals surface area contributed by atoms with Crippen molar-refractivity contribution in [3.8, 4) is 0 Å². The Labute approximate surface area is 139 Å². The van der Waals surface area contributed by atoms with Crippen molar-refractivity contribution in [1.29, 1.82) is 0 Å². The molecule has 0 bridgehead atoms. The molecule has 6 nitrogen and oxygen atoms in total. The predicted octanol–water partition coefficient (Wildman–Crippen LogP) is 0.968. The first-order valence-corrected chi connectivity index (χ1v) is 6.71. The second-order valence-electron chi connectivity index (χ2n) is 5.19. The number of rotatable bonds is 7. The molecule has 0 fully saturated rings. The molecule has 0 aromatic heterocycles. The highest BCUT2D eigenvalue weighted by Gasteiger charge is 2.20. The molecular weight excluding hydrogens is 371 g/mol. The number of nitrogens with zero attached hydrogens (tertiary/aromatic N) is 1. The summed E-state index contributed by atoms with van der Waals surface area (Å²) in [5, 5.41) is 9.16. The molecule has 3 N–H and O–H groups in total. The molecule has 0 aromatic carbocycles. The number of ether oxygens (including phenoxy) is 1. The molecule has 0 aliphatic carbocycles. The van der Waals surface area contributed by atoms with Gasteiger partial charge in [-0.3, -0.25) is 9.79 Å². The van der Waals surface area contributed by atoms with Crippen molar-refractivity contribution in [3.63, 3.8) is 0 Å². The van der Waals surface area contributed by atoms with Crippen LogP contribution in [0.25, 0.3) is 0 Å². The van der Waals surface area contributed by atoms with Crippen molar-refractivity contribution in [2.75, 3.05) is 39.9 Å². The molecule has 0 aliphatic rings. The SMILES string of the molecule is CCNC(=NCCOC)NCCNC(=O)C(C)(C)C.I. The van der Waals surface area contributed by atoms with Gasteiger partial charge < -0.3 is 20.7 Å². The molecule has 20 heavy (non-hydrogen) atoms. The minimum Gasteiger partial charge on any atom is -0.383 e. The molecule has 0 aromatic rings. The number of carbonyl (C=O) groups excluding carboxylic acids is 1. The van der Waals surface area contributed by atoms with E-state index < -0.39 is 0 Å². The maximum absolute atomic E-state index is 11.6. The number of nitrogens with one attached hydrogen (secondary N) is 3. The maximum atomic E-state index is 11.6. The summed E-state index contributed by atoms with van der Waals surface area (Å²) >= 11 is 0. The molecular formula is C13H29IN4O2. The Bertz CT molecular complexity index is 291. The summed E-state index contributed by atoms with van der Waals surface area (Å²) in [7, 11) is 1.65. The first kappa shape index (κ1) is 21.7. The normalized spacial score (nSPS) is 11.6. The van der Waals surface area contributed by atoms with E-state index in [1.807, 2.05) is 27.7 Å². The van der Waals surface area contributed by atoms with Crippen LogP contribution in [0.5, 0.6) is 0 Å². The van der Waals surface area contributed by atoms with Crippen molar-refractivity contribution < 1.29 is 9.53 Å². The van der Waals surface area contributed by atoms with Crippen LogP contribution < -0.4 is 16.0 Å². The fraction of sp³-hybridized carbons (Fsp3) is 0.846. The third-order valence-electron chi connectivity index (χ3n) is 2.29. The number of aliphatic imine (C=N–C) groups is 1. The van der Waals surface area contributed by atoms with Gasteiger partial charge in [-0.2, -0.15) is 0 Å². The molecule has 0 saturated heterocycles. The van der Waals surface area contributed by atoms with Crippen LogP contribution in [-0.4, -0.2) is 51.8 Å². The standard InChI is InChI=1S/C13H28N4O2.HI/c1-6-14-12(17-9-10-19-5)16-8-7-15-11(18)13(2,3)4;/h6-10H2,1-5H3,(H,15,18)(H2,14,16,17);1H. The number of halogens is 1. The summed E-state index contributed by atoms with van der Waals surface area (Å²) in [5.41, 5.74) is -0.350. The van der Waals surface area contributed by atoms with E-state index in [1.165, 1.54) is 0 Å². The molecule has 0 unspecified atom stereocenters. The fourth-order valence-corrected chi connectivity index (χ4v) is 1.21. The van der Waals surface area contributed by atoms with Gasteiger partial charge in [-0.1, -0.05) is 20.8 Å². The summed E-state index contributed by atoms with van der Waals surface area (Å²) in [6, 6.07) is 0. The van der Waals surface area contributed by atoms with Gasteiger partial charge in [-0.05, 0) is 6.92 Å². The zero-order valence-electron chi connectivity index (χ0n) is 13.2. The molecule has 0 radical (unpaired) electrons. The highest BCUT2D eigenvalue weighted by Crippen LogP contribution is 2.11. The molecule has 0 heterocycles. The van der Waals surface area contributed by atoms with Gasteiger partial charge in [0.2, 0.25) is 5.91 Å². The lowest BCUT2D eigenvalue weighted by Crippen LogP contribution is -2.43. The minimum absolute atomic E-state index is 0. The molecule has 7 heteroatoms. The largest absolute Gasteiger partial charge is 0.383 e. The van der Waals surface area contributed by atoms with E-state index in [1.54, 1.807) is 7.11 Å². The predicted molar refractivity (Wildman–Crippen MR) is 93.7 cm³/mol. The van der Waals surface area contributed by atoms with Gasteiger partial charge in [0.15, 0.2) is 5.96 Å². The van der Waals surface area contributed by atoms with Gasteiger partial charge in [0, 0.05) is 32.2 Å². The van der Waals surface area contributed by atoms with Gasteiger partial charge in [0.1, 0.15) is 0 Å². The van der Waals surface area contributed by atoms with Crippen molar-refractivity contribution in [1.82, 2.24) is 16.0 Å². The lowest BCUT2D eigenvalue weighted by Gasteiger charge is -2.18. The van der Waals surface area contributed by atoms with Gasteiger partial charge >= 0.3 is 0 Å². The van der Waals surface area contributed by atoms with E-state index in [4.69, 9.17) is 4.74 Å². The van der Waals surface area contributed by atoms with E-state index in [0.717, 1.165) is 12.5 Å². The summed E-state index contributed by atoms with van der Waals surface area (Å²) in [6.45, 7) is 10.9. The van der Waals surface area contributed by atoms with Gasteiger partial charge in [-0.25, -0.2) is 0 Å². The number of hydrogen-bond acceptors (Lipinski definition) is 3. The Morgan fingerprint density at radius 1 is 1.15 bits per heavy atom. The zero-order valence-corrected chi connectivity index (χ0v) is 15.5. The Balaban J connectivity index is 0. The quantitative estimate of drug-likeness (QED) is 0.258. The Morgan fingerprint density at radius 3 is 2.25 bits per heavy atom. The van der Waals surface area contributed by atoms with Crippen LogP contribution in [0.1, 0.15) is 27.7 Å². The van der Waals surface area contributed by atoms with E-state index in [9.17, 15) is 4.79 Å². The number of carbonyl (C=O) groups is 1. The fourth-order valence-electron chi connectivity index (χ4n) is 1.21. The molecule has 0 rings (SSSR count). The Hall–Kier alpha value is -0.570. The van der Waals surface area contributed by atoms with Crippen LogP contribution in [0.15, 0.2) is 4.99 Å². The highest BCUT2D eigenvalue weighted by atomic mass is 127. The second kappa shape index (κ2) is 12.2. The lowest BCUT2D eigenvalue weighted by molar-refractivity contribution is -0.128. The van der Waals surface area contributed by atoms with Crippen molar-refractivity contribution >= 4 is 35.8 Å². The van der Waals surface area contributed by atoms with Gasteiger partial charge in [0.25, 0.3) is 0 Å². The number of amides is 1. The van der Waals surface area contributed by atoms with Crippen LogP contribution in [0.4, 0.5) is 0 Å². The molecule has 120 valence electrons. The lowest BCUT2D eigenvalue weighted by atomic mass is 9.96. The van der Waals surface area contributed by atoms with Crippen LogP contribution >= 0.6 is 24.0 Å². The van der Waals surface area contributed by atoms with E-state index in [-0.39, 0.29) is 35.3 Å². The van der Waals surface area contributed by atoms with Crippen molar-refractivity contribution in [3.05, 3.63) is 0 Å². The molecule has 0 aliphatic heterocycles. The van der Waals surface area contributed by atoms with E-state index in [2.05, 4.69) is 20.9 Å². The maximum Gasteiger partial charge on any atom is 0.225 e. The highest BCUT2D eigenvalue weighted by molar-refractivity contribution is 14.0. The third kappa shape index (κ3) is 11.3. The molecule has 0 spiro atoms. The summed E-state index contributed by atoms with van der Waals surface area (Å²) < 4.78 is 4.95. The van der Waals surface area contributed by atoms with Crippen LogP contribution in [0.2, 0.25) is 0 Å². The second-order valence-corrected chi connectivity index (χ2v) is 5.19. The van der Waals surface area contributed by atoms with Crippen LogP contribution in [0.3, 0.4) is 0 Å². The first-order chi connectivity index (χ1) is 8.91. The van der Waals surface area contributed by atoms with Gasteiger partial charge in [0.05, 0.1) is 13.2 Å². The average molecular weight is 400 g/mol. The summed E-state index contributed by atoms with van der Waals surface area (Å²) in [6.07, 6.45) is 0. The van der Waals surface area contributed by atoms with E-state index in [0.29, 0.717) is 26.2 Å². The molecule has 1 amide bonds. The minimum atomic E-state index is -0.350. The number of hydrogen-bond donors (Lipinski definition) is 3. The monoisotopic (exact) mass is 400 g/mol. The van der Waals surface area contributed by atoms with Crippen molar-refractivity contribution in [2.24, 2.45) is 10.4 Å². The van der Waals surface area contributed by atoms with Crippen molar-refractivity contribution in [2.45, 2.75) is 27.7 Å². The average Bonchev–Trinajstić information content (AvgIpc) is 2.33. The Morgan fingerprint density at radius 2 is 1.75 bits per heavy atom. The smallest absolute Gasteiger partial charge is 0.225 e. The molecule has 0 atom stereocenters.